The summed E-state index contributed by atoms with van der Waals surface area (Å²) in [6.45, 7) is 0.183. The van der Waals surface area contributed by atoms with Gasteiger partial charge in [0.15, 0.2) is 5.78 Å². The highest BCUT2D eigenvalue weighted by Crippen LogP contribution is 2.35. The number of hydrogen-bond donors (Lipinski definition) is 2. The van der Waals surface area contributed by atoms with E-state index in [0.29, 0.717) is 33.4 Å². The number of fused-ring (bicyclic) bond motifs is 1. The third-order valence-electron chi connectivity index (χ3n) is 5.18. The Bertz CT molecular complexity index is 1520. The van der Waals surface area contributed by atoms with E-state index in [9.17, 15) is 18.0 Å². The van der Waals surface area contributed by atoms with Crippen LogP contribution in [0, 0.1) is 12.3 Å². The van der Waals surface area contributed by atoms with Crippen LogP contribution in [0.2, 0.25) is 0 Å². The average molecular weight is 461 g/mol. The van der Waals surface area contributed by atoms with Crippen LogP contribution in [0.1, 0.15) is 33.6 Å². The molecule has 4 rings (SSSR count). The molecule has 9 heteroatoms. The molecule has 0 unspecified atom stereocenters. The van der Waals surface area contributed by atoms with Crippen LogP contribution in [0.25, 0.3) is 16.5 Å². The first kappa shape index (κ1) is 22.0. The largest absolute Gasteiger partial charge is 0.384 e. The van der Waals surface area contributed by atoms with Crippen molar-refractivity contribution in [3.05, 3.63) is 77.1 Å². The zero-order valence-corrected chi connectivity index (χ0v) is 18.5. The quantitative estimate of drug-likeness (QED) is 0.563. The number of aromatic nitrogens is 2. The van der Waals surface area contributed by atoms with Crippen LogP contribution in [0.5, 0.6) is 0 Å². The molecule has 1 aromatic carbocycles. The molecule has 33 heavy (non-hydrogen) atoms. The number of terminal acetylenes is 1. The van der Waals surface area contributed by atoms with Crippen molar-refractivity contribution in [2.24, 2.45) is 0 Å². The fourth-order valence-electron chi connectivity index (χ4n) is 3.87. The van der Waals surface area contributed by atoms with Crippen molar-refractivity contribution in [3.8, 4) is 12.3 Å². The summed E-state index contributed by atoms with van der Waals surface area (Å²) in [6, 6.07) is 8.58. The second kappa shape index (κ2) is 8.41. The van der Waals surface area contributed by atoms with Crippen molar-refractivity contribution < 1.29 is 18.0 Å². The fraction of sp³-hybridized carbons (Fsp3) is 0.125. The van der Waals surface area contributed by atoms with Crippen LogP contribution in [-0.2, 0) is 21.4 Å². The highest BCUT2D eigenvalue weighted by Gasteiger charge is 2.29. The summed E-state index contributed by atoms with van der Waals surface area (Å²) in [4.78, 5) is 30.1. The Hall–Kier alpha value is -4.16. The molecule has 2 aromatic heterocycles. The van der Waals surface area contributed by atoms with E-state index in [-0.39, 0.29) is 24.4 Å². The first-order valence-electron chi connectivity index (χ1n) is 9.93. The van der Waals surface area contributed by atoms with Crippen LogP contribution in [0.3, 0.4) is 0 Å². The number of hydrogen-bond acceptors (Lipinski definition) is 6. The van der Waals surface area contributed by atoms with Crippen LogP contribution in [-0.4, -0.2) is 35.9 Å². The number of nitrogens with zero attached hydrogens (tertiary/aromatic N) is 2. The molecule has 0 saturated carbocycles. The molecular weight excluding hydrogens is 440 g/mol. The Balaban J connectivity index is 2.07. The SMILES string of the molecule is C#Cc1ccc2c(c1)c(C1=CC=CCC1=O)c(C(=O)NS(C)(=O)=O)n2Cc1ccnc(N)c1. The summed E-state index contributed by atoms with van der Waals surface area (Å²) in [6.07, 6.45) is 13.3. The smallest absolute Gasteiger partial charge is 0.282 e. The van der Waals surface area contributed by atoms with Crippen LogP contribution >= 0.6 is 0 Å². The highest BCUT2D eigenvalue weighted by molar-refractivity contribution is 7.89. The lowest BCUT2D eigenvalue weighted by Gasteiger charge is -2.14. The van der Waals surface area contributed by atoms with E-state index >= 15 is 0 Å². The molecule has 3 N–H and O–H groups in total. The lowest BCUT2D eigenvalue weighted by atomic mass is 9.93. The summed E-state index contributed by atoms with van der Waals surface area (Å²) in [5.74, 6) is 1.83. The number of nitrogens with one attached hydrogen (secondary N) is 1. The van der Waals surface area contributed by atoms with Gasteiger partial charge in [0.25, 0.3) is 5.91 Å². The van der Waals surface area contributed by atoms with Crippen LogP contribution in [0.4, 0.5) is 5.82 Å². The lowest BCUT2D eigenvalue weighted by Crippen LogP contribution is -2.32. The molecule has 0 bridgehead atoms. The van der Waals surface area contributed by atoms with Gasteiger partial charge in [-0.25, -0.2) is 18.1 Å². The number of anilines is 1. The number of carbonyl (C=O) groups is 2. The minimum Gasteiger partial charge on any atom is -0.384 e. The molecule has 3 aromatic rings. The standard InChI is InChI=1S/C24H20N4O4S/c1-3-15-8-9-19-18(12-15)22(17-6-4-5-7-20(17)29)23(24(30)27-33(2,31)32)28(19)14-16-10-11-26-21(25)13-16/h1,4-6,8-13H,7,14H2,2H3,(H2,25,26)(H,27,30). The minimum atomic E-state index is -3.87. The third-order valence-corrected chi connectivity index (χ3v) is 5.74. The molecule has 1 aliphatic rings. The molecule has 0 radical (unpaired) electrons. The number of benzene rings is 1. The number of allylic oxidation sites excluding steroid dienone is 4. The Labute approximate surface area is 190 Å². The number of ketones is 1. The summed E-state index contributed by atoms with van der Waals surface area (Å²) < 4.78 is 27.5. The second-order valence-corrected chi connectivity index (χ2v) is 9.36. The number of nitrogens with two attached hydrogens (primary N) is 1. The van der Waals surface area contributed by atoms with Crippen molar-refractivity contribution in [3.63, 3.8) is 0 Å². The van der Waals surface area contributed by atoms with Crippen LogP contribution in [0.15, 0.2) is 54.8 Å². The number of sulfonamides is 1. The van der Waals surface area contributed by atoms with Crippen molar-refractivity contribution in [2.75, 3.05) is 12.0 Å². The van der Waals surface area contributed by atoms with E-state index in [2.05, 4.69) is 10.9 Å². The molecular formula is C24H20N4O4S. The van der Waals surface area contributed by atoms with E-state index in [1.54, 1.807) is 59.3 Å². The Morgan fingerprint density at radius 1 is 1.30 bits per heavy atom. The van der Waals surface area contributed by atoms with Gasteiger partial charge in [-0.2, -0.15) is 0 Å². The molecule has 1 aliphatic carbocycles. The van der Waals surface area contributed by atoms with Crippen molar-refractivity contribution >= 4 is 44.0 Å². The normalized spacial score (nSPS) is 13.6. The molecule has 0 atom stereocenters. The Morgan fingerprint density at radius 2 is 2.09 bits per heavy atom. The number of carbonyl (C=O) groups excluding carboxylic acids is 2. The van der Waals surface area contributed by atoms with Gasteiger partial charge in [0.05, 0.1) is 6.26 Å². The van der Waals surface area contributed by atoms with E-state index in [0.717, 1.165) is 11.8 Å². The predicted molar refractivity (Wildman–Crippen MR) is 127 cm³/mol. The van der Waals surface area contributed by atoms with E-state index in [1.165, 1.54) is 0 Å². The average Bonchev–Trinajstić information content (AvgIpc) is 3.06. The molecule has 1 amide bonds. The van der Waals surface area contributed by atoms with Gasteiger partial charge < -0.3 is 10.3 Å². The second-order valence-electron chi connectivity index (χ2n) is 7.61. The van der Waals surface area contributed by atoms with Gasteiger partial charge in [-0.15, -0.1) is 6.42 Å². The van der Waals surface area contributed by atoms with Crippen molar-refractivity contribution in [1.29, 1.82) is 0 Å². The van der Waals surface area contributed by atoms with Gasteiger partial charge in [0.2, 0.25) is 10.0 Å². The molecule has 0 spiro atoms. The summed E-state index contributed by atoms with van der Waals surface area (Å²) in [5.41, 5.74) is 8.41. The monoisotopic (exact) mass is 460 g/mol. The maximum atomic E-state index is 13.3. The molecule has 0 aliphatic heterocycles. The zero-order chi connectivity index (χ0) is 23.8. The summed E-state index contributed by atoms with van der Waals surface area (Å²) in [5, 5.41) is 0.570. The fourth-order valence-corrected chi connectivity index (χ4v) is 4.31. The number of rotatable bonds is 5. The molecule has 0 saturated heterocycles. The number of Topliss-reactive ketones (excluding diaryl/α,β-unsaturated/α-hetero) is 1. The summed E-state index contributed by atoms with van der Waals surface area (Å²) >= 11 is 0. The van der Waals surface area contributed by atoms with Gasteiger partial charge in [0.1, 0.15) is 11.5 Å². The Kier molecular flexibility index (Phi) is 5.62. The third kappa shape index (κ3) is 4.42. The van der Waals surface area contributed by atoms with Gasteiger partial charge in [-0.1, -0.05) is 24.1 Å². The van der Waals surface area contributed by atoms with E-state index < -0.39 is 15.9 Å². The maximum Gasteiger partial charge on any atom is 0.282 e. The van der Waals surface area contributed by atoms with Crippen LogP contribution < -0.4 is 10.5 Å². The van der Waals surface area contributed by atoms with Gasteiger partial charge >= 0.3 is 0 Å². The number of amides is 1. The topological polar surface area (TPSA) is 124 Å². The lowest BCUT2D eigenvalue weighted by molar-refractivity contribution is -0.113. The first-order valence-corrected chi connectivity index (χ1v) is 11.8. The Morgan fingerprint density at radius 3 is 2.76 bits per heavy atom. The van der Waals surface area contributed by atoms with Gasteiger partial charge in [0, 0.05) is 46.8 Å². The van der Waals surface area contributed by atoms with E-state index in [4.69, 9.17) is 12.2 Å². The first-order chi connectivity index (χ1) is 15.7. The summed E-state index contributed by atoms with van der Waals surface area (Å²) in [7, 11) is -3.87. The predicted octanol–water partition coefficient (Wildman–Crippen LogP) is 2.25. The minimum absolute atomic E-state index is 0.0369. The molecule has 166 valence electrons. The van der Waals surface area contributed by atoms with Crippen molar-refractivity contribution in [2.45, 2.75) is 13.0 Å². The van der Waals surface area contributed by atoms with E-state index in [1.807, 2.05) is 4.72 Å². The maximum absolute atomic E-state index is 13.3. The van der Waals surface area contributed by atoms with Crippen molar-refractivity contribution in [1.82, 2.24) is 14.3 Å². The number of nitrogen functional groups attached to an aromatic ring is 1. The zero-order valence-electron chi connectivity index (χ0n) is 17.7. The molecule has 8 nitrogen and oxygen atoms in total. The van der Waals surface area contributed by atoms with Gasteiger partial charge in [-0.05, 0) is 35.9 Å². The van der Waals surface area contributed by atoms with Gasteiger partial charge in [-0.3, -0.25) is 9.59 Å². The number of pyridine rings is 1. The molecule has 2 heterocycles. The molecule has 0 fully saturated rings. The highest BCUT2D eigenvalue weighted by atomic mass is 32.2.